The Morgan fingerprint density at radius 1 is 0.820 bits per heavy atom. The largest absolute Gasteiger partial charge is 0.463 e. The standard InChI is InChI=1S/C40H41F3N2O5/c1-3-10-35(38(47)49-4-2)50-39(48)36(30-11-6-5-7-12-30)45-25-23-28(24-26-45)27-17-21-32(22-18-27)44-37(46)34-14-9-8-13-33(34)29-15-19-31(20-16-29)40(41,42)43/h5-9,11-22,28,35-36H,3-4,10,23-26H2,1-2H3,(H,44,46). The minimum absolute atomic E-state index is 0.208. The second-order valence-corrected chi connectivity index (χ2v) is 12.3. The zero-order chi connectivity index (χ0) is 35.7. The van der Waals surface area contributed by atoms with Crippen LogP contribution in [0.1, 0.15) is 78.5 Å². The summed E-state index contributed by atoms with van der Waals surface area (Å²) < 4.78 is 50.1. The van der Waals surface area contributed by atoms with E-state index < -0.39 is 35.8 Å². The van der Waals surface area contributed by atoms with Crippen LogP contribution in [0.4, 0.5) is 18.9 Å². The molecule has 0 aliphatic carbocycles. The fourth-order valence-electron chi connectivity index (χ4n) is 6.36. The van der Waals surface area contributed by atoms with Gasteiger partial charge in [0.15, 0.2) is 6.10 Å². The second-order valence-electron chi connectivity index (χ2n) is 12.3. The van der Waals surface area contributed by atoms with Crippen LogP contribution in [0.2, 0.25) is 0 Å². The van der Waals surface area contributed by atoms with E-state index in [0.717, 1.165) is 36.1 Å². The summed E-state index contributed by atoms with van der Waals surface area (Å²) in [6.45, 7) is 5.12. The molecule has 50 heavy (non-hydrogen) atoms. The van der Waals surface area contributed by atoms with Crippen LogP contribution < -0.4 is 5.32 Å². The van der Waals surface area contributed by atoms with E-state index in [1.54, 1.807) is 31.2 Å². The van der Waals surface area contributed by atoms with Crippen LogP contribution in [-0.4, -0.2) is 48.5 Å². The van der Waals surface area contributed by atoms with Gasteiger partial charge >= 0.3 is 18.1 Å². The number of hydrogen-bond acceptors (Lipinski definition) is 6. The summed E-state index contributed by atoms with van der Waals surface area (Å²) in [5.74, 6) is -1.14. The average molecular weight is 687 g/mol. The van der Waals surface area contributed by atoms with Crippen molar-refractivity contribution in [3.63, 3.8) is 0 Å². The molecule has 0 aromatic heterocycles. The molecule has 1 amide bonds. The van der Waals surface area contributed by atoms with Crippen molar-refractivity contribution >= 4 is 23.5 Å². The van der Waals surface area contributed by atoms with Gasteiger partial charge in [-0.1, -0.05) is 86.1 Å². The van der Waals surface area contributed by atoms with Gasteiger partial charge in [-0.3, -0.25) is 9.69 Å². The summed E-state index contributed by atoms with van der Waals surface area (Å²) in [5, 5.41) is 2.92. The Hall–Kier alpha value is -4.96. The Morgan fingerprint density at radius 3 is 2.08 bits per heavy atom. The maximum absolute atomic E-state index is 13.6. The number of likely N-dealkylation sites (tertiary alicyclic amines) is 1. The van der Waals surface area contributed by atoms with Crippen LogP contribution in [0.5, 0.6) is 0 Å². The van der Waals surface area contributed by atoms with E-state index >= 15 is 0 Å². The number of ether oxygens (including phenoxy) is 2. The van der Waals surface area contributed by atoms with E-state index in [2.05, 4.69) is 10.2 Å². The molecule has 1 saturated heterocycles. The van der Waals surface area contributed by atoms with Crippen LogP contribution in [0.15, 0.2) is 103 Å². The van der Waals surface area contributed by atoms with E-state index in [1.165, 1.54) is 12.1 Å². The van der Waals surface area contributed by atoms with Crippen molar-refractivity contribution in [3.05, 3.63) is 125 Å². The van der Waals surface area contributed by atoms with Gasteiger partial charge in [-0.25, -0.2) is 9.59 Å². The molecule has 262 valence electrons. The Morgan fingerprint density at radius 2 is 1.46 bits per heavy atom. The lowest BCUT2D eigenvalue weighted by atomic mass is 9.88. The fraction of sp³-hybridized carbons (Fsp3) is 0.325. The summed E-state index contributed by atoms with van der Waals surface area (Å²) in [7, 11) is 0. The summed E-state index contributed by atoms with van der Waals surface area (Å²) in [4.78, 5) is 41.5. The molecule has 0 bridgehead atoms. The van der Waals surface area contributed by atoms with Crippen molar-refractivity contribution in [3.8, 4) is 11.1 Å². The molecule has 0 radical (unpaired) electrons. The number of esters is 2. The van der Waals surface area contributed by atoms with Crippen LogP contribution in [-0.2, 0) is 25.2 Å². The minimum Gasteiger partial charge on any atom is -0.463 e. The molecule has 0 spiro atoms. The summed E-state index contributed by atoms with van der Waals surface area (Å²) >= 11 is 0. The maximum atomic E-state index is 13.6. The van der Waals surface area contributed by atoms with Gasteiger partial charge in [0.2, 0.25) is 0 Å². The molecule has 0 saturated carbocycles. The number of anilines is 1. The van der Waals surface area contributed by atoms with Gasteiger partial charge in [-0.15, -0.1) is 0 Å². The highest BCUT2D eigenvalue weighted by molar-refractivity contribution is 6.08. The number of hydrogen-bond donors (Lipinski definition) is 1. The number of nitrogens with one attached hydrogen (secondary N) is 1. The number of alkyl halides is 3. The molecule has 4 aromatic rings. The number of carbonyl (C=O) groups is 3. The highest BCUT2D eigenvalue weighted by atomic mass is 19.4. The van der Waals surface area contributed by atoms with Crippen molar-refractivity contribution in [2.75, 3.05) is 25.0 Å². The lowest BCUT2D eigenvalue weighted by Gasteiger charge is -2.37. The number of halogens is 3. The lowest BCUT2D eigenvalue weighted by Crippen LogP contribution is -2.42. The number of amides is 1. The zero-order valence-corrected chi connectivity index (χ0v) is 28.1. The first-order chi connectivity index (χ1) is 24.1. The molecule has 7 nitrogen and oxygen atoms in total. The molecule has 2 unspecified atom stereocenters. The molecule has 1 N–H and O–H groups in total. The molecule has 5 rings (SSSR count). The number of piperidine rings is 1. The monoisotopic (exact) mass is 686 g/mol. The average Bonchev–Trinajstić information content (AvgIpc) is 3.12. The third kappa shape index (κ3) is 8.98. The SMILES string of the molecule is CCCC(OC(=O)C(c1ccccc1)N1CCC(c2ccc(NC(=O)c3ccccc3-c3ccc(C(F)(F)F)cc3)cc2)CC1)C(=O)OCC. The third-order valence-corrected chi connectivity index (χ3v) is 8.93. The Balaban J connectivity index is 1.23. The van der Waals surface area contributed by atoms with E-state index in [9.17, 15) is 27.6 Å². The topological polar surface area (TPSA) is 84.9 Å². The summed E-state index contributed by atoms with van der Waals surface area (Å²) in [6.07, 6.45) is -2.76. The predicted molar refractivity (Wildman–Crippen MR) is 185 cm³/mol. The Bertz CT molecular complexity index is 1740. The quantitative estimate of drug-likeness (QED) is 0.150. The maximum Gasteiger partial charge on any atom is 0.416 e. The number of benzene rings is 4. The van der Waals surface area contributed by atoms with E-state index in [4.69, 9.17) is 9.47 Å². The molecule has 1 heterocycles. The van der Waals surface area contributed by atoms with Crippen molar-refractivity contribution in [1.29, 1.82) is 0 Å². The third-order valence-electron chi connectivity index (χ3n) is 8.93. The Labute approximate surface area is 290 Å². The first-order valence-corrected chi connectivity index (χ1v) is 16.9. The fourth-order valence-corrected chi connectivity index (χ4v) is 6.36. The van der Waals surface area contributed by atoms with E-state index in [0.29, 0.717) is 48.3 Å². The summed E-state index contributed by atoms with van der Waals surface area (Å²) in [5.41, 5.74) is 3.13. The first-order valence-electron chi connectivity index (χ1n) is 16.9. The minimum atomic E-state index is -4.44. The van der Waals surface area contributed by atoms with Crippen LogP contribution in [0, 0.1) is 0 Å². The first kappa shape index (κ1) is 36.3. The molecule has 4 aromatic carbocycles. The van der Waals surface area contributed by atoms with Crippen molar-refractivity contribution in [1.82, 2.24) is 4.90 Å². The highest BCUT2D eigenvalue weighted by Crippen LogP contribution is 2.35. The Kier molecular flexibility index (Phi) is 12.1. The predicted octanol–water partition coefficient (Wildman–Crippen LogP) is 8.82. The van der Waals surface area contributed by atoms with Crippen LogP contribution in [0.25, 0.3) is 11.1 Å². The lowest BCUT2D eigenvalue weighted by molar-refractivity contribution is -0.172. The van der Waals surface area contributed by atoms with E-state index in [-0.39, 0.29) is 18.4 Å². The van der Waals surface area contributed by atoms with Gasteiger partial charge in [0, 0.05) is 11.3 Å². The van der Waals surface area contributed by atoms with Gasteiger partial charge < -0.3 is 14.8 Å². The van der Waals surface area contributed by atoms with Gasteiger partial charge in [-0.05, 0) is 97.8 Å². The smallest absolute Gasteiger partial charge is 0.416 e. The number of rotatable bonds is 12. The molecule has 2 atom stereocenters. The van der Waals surface area contributed by atoms with Gasteiger partial charge in [-0.2, -0.15) is 13.2 Å². The molecule has 1 aliphatic rings. The number of carbonyl (C=O) groups excluding carboxylic acids is 3. The zero-order valence-electron chi connectivity index (χ0n) is 28.1. The van der Waals surface area contributed by atoms with E-state index in [1.807, 2.05) is 61.5 Å². The van der Waals surface area contributed by atoms with Crippen molar-refractivity contribution in [2.45, 2.75) is 63.8 Å². The molecule has 1 fully saturated rings. The van der Waals surface area contributed by atoms with Crippen molar-refractivity contribution < 1.29 is 37.0 Å². The molecule has 1 aliphatic heterocycles. The van der Waals surface area contributed by atoms with Crippen LogP contribution in [0.3, 0.4) is 0 Å². The molecular formula is C40H41F3N2O5. The molecular weight excluding hydrogens is 645 g/mol. The van der Waals surface area contributed by atoms with Crippen LogP contribution >= 0.6 is 0 Å². The van der Waals surface area contributed by atoms with Gasteiger partial charge in [0.05, 0.1) is 12.2 Å². The van der Waals surface area contributed by atoms with Gasteiger partial charge in [0.25, 0.3) is 5.91 Å². The normalized spacial score (nSPS) is 15.1. The summed E-state index contributed by atoms with van der Waals surface area (Å²) in [6, 6.07) is 28.0. The molecule has 10 heteroatoms. The van der Waals surface area contributed by atoms with Gasteiger partial charge in [0.1, 0.15) is 6.04 Å². The second kappa shape index (κ2) is 16.6. The van der Waals surface area contributed by atoms with Crippen molar-refractivity contribution in [2.24, 2.45) is 0 Å². The number of nitrogens with zero attached hydrogens (tertiary/aromatic N) is 1. The highest BCUT2D eigenvalue weighted by Gasteiger charge is 2.35.